The highest BCUT2D eigenvalue weighted by Crippen LogP contribution is 2.01. The standard InChI is InChI=1S/C12H15N3/c1-3-4-5-6-7-8-13-12-9-11(2)14-10-15-12/h3-7,9-10H,1,8H2,2H3,(H,13,14,15)/b5-4-,7-6-. The number of aromatic nitrogens is 2. The predicted molar refractivity (Wildman–Crippen MR) is 63.7 cm³/mol. The molecule has 0 fully saturated rings. The zero-order chi connectivity index (χ0) is 10.9. The molecule has 1 rings (SSSR count). The molecule has 0 aromatic carbocycles. The van der Waals surface area contributed by atoms with E-state index >= 15 is 0 Å². The summed E-state index contributed by atoms with van der Waals surface area (Å²) in [6.07, 6.45) is 11.1. The number of nitrogens with zero attached hydrogens (tertiary/aromatic N) is 2. The molecule has 0 aliphatic heterocycles. The molecular weight excluding hydrogens is 186 g/mol. The summed E-state index contributed by atoms with van der Waals surface area (Å²) in [4.78, 5) is 8.10. The number of allylic oxidation sites excluding steroid dienone is 4. The van der Waals surface area contributed by atoms with Crippen molar-refractivity contribution in [3.05, 3.63) is 55.0 Å². The molecule has 0 unspecified atom stereocenters. The van der Waals surface area contributed by atoms with Crippen LogP contribution in [0.15, 0.2) is 49.4 Å². The van der Waals surface area contributed by atoms with Gasteiger partial charge in [-0.05, 0) is 6.92 Å². The minimum Gasteiger partial charge on any atom is -0.366 e. The first kappa shape index (κ1) is 11.2. The van der Waals surface area contributed by atoms with Gasteiger partial charge in [-0.1, -0.05) is 37.0 Å². The van der Waals surface area contributed by atoms with Crippen LogP contribution in [-0.2, 0) is 0 Å². The van der Waals surface area contributed by atoms with Gasteiger partial charge in [-0.15, -0.1) is 0 Å². The molecule has 1 N–H and O–H groups in total. The minimum atomic E-state index is 0.748. The lowest BCUT2D eigenvalue weighted by atomic mass is 10.4. The lowest BCUT2D eigenvalue weighted by molar-refractivity contribution is 1.09. The minimum absolute atomic E-state index is 0.748. The molecule has 0 radical (unpaired) electrons. The van der Waals surface area contributed by atoms with Crippen LogP contribution in [0.2, 0.25) is 0 Å². The molecule has 3 nitrogen and oxygen atoms in total. The van der Waals surface area contributed by atoms with Crippen LogP contribution < -0.4 is 5.32 Å². The Bertz CT molecular complexity index is 367. The van der Waals surface area contributed by atoms with Gasteiger partial charge in [0.15, 0.2) is 0 Å². The van der Waals surface area contributed by atoms with Crippen molar-refractivity contribution in [3.63, 3.8) is 0 Å². The smallest absolute Gasteiger partial charge is 0.129 e. The Labute approximate surface area is 90.3 Å². The normalized spacial score (nSPS) is 11.0. The van der Waals surface area contributed by atoms with Gasteiger partial charge in [-0.25, -0.2) is 9.97 Å². The van der Waals surface area contributed by atoms with Gasteiger partial charge in [-0.3, -0.25) is 0 Å². The molecule has 0 saturated heterocycles. The van der Waals surface area contributed by atoms with Crippen molar-refractivity contribution >= 4 is 5.82 Å². The molecule has 0 saturated carbocycles. The van der Waals surface area contributed by atoms with Gasteiger partial charge in [-0.2, -0.15) is 0 Å². The van der Waals surface area contributed by atoms with E-state index in [2.05, 4.69) is 21.9 Å². The van der Waals surface area contributed by atoms with Crippen LogP contribution in [0.5, 0.6) is 0 Å². The number of hydrogen-bond donors (Lipinski definition) is 1. The number of hydrogen-bond acceptors (Lipinski definition) is 3. The largest absolute Gasteiger partial charge is 0.366 e. The van der Waals surface area contributed by atoms with Gasteiger partial charge in [0.05, 0.1) is 0 Å². The van der Waals surface area contributed by atoms with Gasteiger partial charge in [0.1, 0.15) is 12.1 Å². The van der Waals surface area contributed by atoms with Crippen LogP contribution in [0.3, 0.4) is 0 Å². The van der Waals surface area contributed by atoms with E-state index in [-0.39, 0.29) is 0 Å². The van der Waals surface area contributed by atoms with Gasteiger partial charge < -0.3 is 5.32 Å². The summed E-state index contributed by atoms with van der Waals surface area (Å²) in [5.41, 5.74) is 0.961. The van der Waals surface area contributed by atoms with E-state index in [1.165, 1.54) is 0 Å². The first-order valence-corrected chi connectivity index (χ1v) is 4.79. The Hall–Kier alpha value is -1.90. The second-order valence-corrected chi connectivity index (χ2v) is 2.97. The number of nitrogens with one attached hydrogen (secondary N) is 1. The Balaban J connectivity index is 2.34. The summed E-state index contributed by atoms with van der Waals surface area (Å²) in [5.74, 6) is 0.847. The molecule has 15 heavy (non-hydrogen) atoms. The number of rotatable bonds is 5. The van der Waals surface area contributed by atoms with Crippen molar-refractivity contribution in [2.24, 2.45) is 0 Å². The molecule has 1 aromatic heterocycles. The Kier molecular flexibility index (Phi) is 4.87. The second-order valence-electron chi connectivity index (χ2n) is 2.97. The zero-order valence-corrected chi connectivity index (χ0v) is 8.85. The van der Waals surface area contributed by atoms with Crippen LogP contribution in [0.25, 0.3) is 0 Å². The molecule has 1 heterocycles. The first-order chi connectivity index (χ1) is 7.33. The molecule has 1 aromatic rings. The molecule has 0 atom stereocenters. The maximum absolute atomic E-state index is 4.08. The summed E-state index contributed by atoms with van der Waals surface area (Å²) in [5, 5.41) is 3.16. The average Bonchev–Trinajstić information content (AvgIpc) is 2.23. The molecule has 0 amide bonds. The summed E-state index contributed by atoms with van der Waals surface area (Å²) in [6, 6.07) is 1.91. The highest BCUT2D eigenvalue weighted by atomic mass is 15.0. The monoisotopic (exact) mass is 201 g/mol. The third-order valence-corrected chi connectivity index (χ3v) is 1.70. The van der Waals surface area contributed by atoms with E-state index in [1.807, 2.05) is 37.3 Å². The summed E-state index contributed by atoms with van der Waals surface area (Å²) in [7, 11) is 0. The fourth-order valence-corrected chi connectivity index (χ4v) is 1.00. The third-order valence-electron chi connectivity index (χ3n) is 1.70. The molecule has 78 valence electrons. The summed E-state index contributed by atoms with van der Waals surface area (Å²) in [6.45, 7) is 6.27. The zero-order valence-electron chi connectivity index (χ0n) is 8.85. The van der Waals surface area contributed by atoms with Gasteiger partial charge in [0.25, 0.3) is 0 Å². The van der Waals surface area contributed by atoms with Crippen molar-refractivity contribution in [2.75, 3.05) is 11.9 Å². The lowest BCUT2D eigenvalue weighted by Crippen LogP contribution is -2.00. The van der Waals surface area contributed by atoms with Crippen molar-refractivity contribution in [2.45, 2.75) is 6.92 Å². The maximum Gasteiger partial charge on any atom is 0.129 e. The molecular formula is C12H15N3. The van der Waals surface area contributed by atoms with Crippen molar-refractivity contribution in [3.8, 4) is 0 Å². The van der Waals surface area contributed by atoms with Crippen LogP contribution in [0, 0.1) is 6.92 Å². The highest BCUT2D eigenvalue weighted by Gasteiger charge is 1.90. The molecule has 0 spiro atoms. The first-order valence-electron chi connectivity index (χ1n) is 4.79. The van der Waals surface area contributed by atoms with E-state index in [0.717, 1.165) is 18.1 Å². The van der Waals surface area contributed by atoms with Crippen molar-refractivity contribution < 1.29 is 0 Å². The van der Waals surface area contributed by atoms with E-state index in [9.17, 15) is 0 Å². The third kappa shape index (κ3) is 4.76. The fourth-order valence-electron chi connectivity index (χ4n) is 1.00. The lowest BCUT2D eigenvalue weighted by Gasteiger charge is -2.01. The van der Waals surface area contributed by atoms with Crippen LogP contribution >= 0.6 is 0 Å². The fraction of sp³-hybridized carbons (Fsp3) is 0.167. The predicted octanol–water partition coefficient (Wildman–Crippen LogP) is 2.50. The second kappa shape index (κ2) is 6.54. The van der Waals surface area contributed by atoms with E-state index < -0.39 is 0 Å². The molecule has 0 aliphatic rings. The molecule has 0 aliphatic carbocycles. The average molecular weight is 201 g/mol. The molecule has 3 heteroatoms. The number of anilines is 1. The summed E-state index contributed by atoms with van der Waals surface area (Å²) < 4.78 is 0. The maximum atomic E-state index is 4.08. The van der Waals surface area contributed by atoms with Crippen LogP contribution in [0.4, 0.5) is 5.82 Å². The van der Waals surface area contributed by atoms with Gasteiger partial charge >= 0.3 is 0 Å². The quantitative estimate of drug-likeness (QED) is 0.744. The van der Waals surface area contributed by atoms with Gasteiger partial charge in [0.2, 0.25) is 0 Å². The topological polar surface area (TPSA) is 37.8 Å². The highest BCUT2D eigenvalue weighted by molar-refractivity contribution is 5.35. The Morgan fingerprint density at radius 1 is 1.33 bits per heavy atom. The SMILES string of the molecule is C=C/C=C\C=C/CNc1cc(C)ncn1. The Morgan fingerprint density at radius 3 is 2.93 bits per heavy atom. The number of aryl methyl sites for hydroxylation is 1. The van der Waals surface area contributed by atoms with Crippen LogP contribution in [0.1, 0.15) is 5.69 Å². The molecule has 0 bridgehead atoms. The Morgan fingerprint density at radius 2 is 2.20 bits per heavy atom. The van der Waals surface area contributed by atoms with E-state index in [1.54, 1.807) is 12.4 Å². The van der Waals surface area contributed by atoms with Crippen molar-refractivity contribution in [1.29, 1.82) is 0 Å². The van der Waals surface area contributed by atoms with Crippen molar-refractivity contribution in [1.82, 2.24) is 9.97 Å². The summed E-state index contributed by atoms with van der Waals surface area (Å²) >= 11 is 0. The van der Waals surface area contributed by atoms with Gasteiger partial charge in [0, 0.05) is 18.3 Å². The van der Waals surface area contributed by atoms with E-state index in [0.29, 0.717) is 0 Å². The van der Waals surface area contributed by atoms with E-state index in [4.69, 9.17) is 0 Å². The van der Waals surface area contributed by atoms with Crippen LogP contribution in [-0.4, -0.2) is 16.5 Å².